The van der Waals surface area contributed by atoms with Crippen LogP contribution < -0.4 is 9.46 Å². The van der Waals surface area contributed by atoms with Crippen LogP contribution >= 0.6 is 0 Å². The number of carbonyl (C=O) groups excluding carboxylic acids is 1. The number of rotatable bonds is 3. The fourth-order valence-corrected chi connectivity index (χ4v) is 1.95. The monoisotopic (exact) mass is 307 g/mol. The van der Waals surface area contributed by atoms with Gasteiger partial charge in [0, 0.05) is 0 Å². The second kappa shape index (κ2) is 6.87. The molecule has 0 saturated heterocycles. The zero-order valence-electron chi connectivity index (χ0n) is 9.39. The summed E-state index contributed by atoms with van der Waals surface area (Å²) in [4.78, 5) is 10.4. The van der Waals surface area contributed by atoms with E-state index >= 15 is 0 Å². The van der Waals surface area contributed by atoms with Crippen LogP contribution in [0.15, 0.2) is 29.2 Å². The number of amides is 1. The zero-order chi connectivity index (χ0) is 14.7. The summed E-state index contributed by atoms with van der Waals surface area (Å²) in [5.41, 5.74) is 0. The number of benzene rings is 1. The van der Waals surface area contributed by atoms with Crippen molar-refractivity contribution in [3.05, 3.63) is 24.3 Å². The van der Waals surface area contributed by atoms with Gasteiger partial charge in [-0.05, 0) is 24.3 Å². The Labute approximate surface area is 124 Å². The molecule has 0 bridgehead atoms. The Morgan fingerprint density at radius 3 is 2.10 bits per heavy atom. The Kier molecular flexibility index (Phi) is 6.40. The van der Waals surface area contributed by atoms with Crippen molar-refractivity contribution in [2.45, 2.75) is 11.3 Å². The van der Waals surface area contributed by atoms with Crippen LogP contribution in [0.2, 0.25) is 0 Å². The van der Waals surface area contributed by atoms with E-state index in [-0.39, 0.29) is 18.9 Å². The number of halogens is 3. The minimum atomic E-state index is -4.87. The number of carbonyl (C=O) groups is 1. The summed E-state index contributed by atoms with van der Waals surface area (Å²) in [7, 11) is -3.23. The van der Waals surface area contributed by atoms with Gasteiger partial charge in [0.15, 0.2) is 0 Å². The fourth-order valence-electron chi connectivity index (χ4n) is 1.03. The maximum atomic E-state index is 11.9. The van der Waals surface area contributed by atoms with Gasteiger partial charge < -0.3 is 9.47 Å². The third-order valence-corrected chi connectivity index (χ3v) is 3.10. The van der Waals surface area contributed by atoms with Crippen LogP contribution in [-0.2, 0) is 14.8 Å². The van der Waals surface area contributed by atoms with Gasteiger partial charge in [0.1, 0.15) is 5.75 Å². The molecular formula is C9H9F3LiNO5S. The Hall–Kier alpha value is -1.37. The molecule has 0 spiro atoms. The van der Waals surface area contributed by atoms with Gasteiger partial charge in [-0.2, -0.15) is 0 Å². The van der Waals surface area contributed by atoms with Crippen LogP contribution in [0, 0.1) is 0 Å². The second-order valence-electron chi connectivity index (χ2n) is 3.12. The standard InChI is InChI=1S/C9H8F3NO5S.Li.H/c1-17-8(14)13-19(15,16)7-4-2-6(3-5-7)18-9(10,11)12;;/h2-5H,1H3,(H,13,14);;. The fraction of sp³-hybridized carbons (Fsp3) is 0.222. The molecule has 1 aromatic rings. The van der Waals surface area contributed by atoms with E-state index in [4.69, 9.17) is 0 Å². The summed E-state index contributed by atoms with van der Waals surface area (Å²) >= 11 is 0. The van der Waals surface area contributed by atoms with Gasteiger partial charge in [-0.1, -0.05) is 0 Å². The number of alkyl halides is 3. The molecule has 0 saturated carbocycles. The van der Waals surface area contributed by atoms with E-state index in [0.717, 1.165) is 31.4 Å². The topological polar surface area (TPSA) is 81.7 Å². The Morgan fingerprint density at radius 2 is 1.70 bits per heavy atom. The number of ether oxygens (including phenoxy) is 2. The normalized spacial score (nSPS) is 11.2. The van der Waals surface area contributed by atoms with Crippen molar-refractivity contribution in [3.8, 4) is 5.75 Å². The van der Waals surface area contributed by atoms with E-state index in [0.29, 0.717) is 0 Å². The molecule has 1 rings (SSSR count). The molecule has 0 fully saturated rings. The van der Waals surface area contributed by atoms with E-state index in [2.05, 4.69) is 9.47 Å². The van der Waals surface area contributed by atoms with Crippen LogP contribution in [0.5, 0.6) is 5.75 Å². The summed E-state index contributed by atoms with van der Waals surface area (Å²) in [6.07, 6.45) is -6.08. The molecule has 108 valence electrons. The molecular weight excluding hydrogens is 298 g/mol. The second-order valence-corrected chi connectivity index (χ2v) is 4.80. The molecule has 20 heavy (non-hydrogen) atoms. The molecule has 0 aliphatic carbocycles. The van der Waals surface area contributed by atoms with Gasteiger partial charge in [0.25, 0.3) is 10.0 Å². The third kappa shape index (κ3) is 5.73. The van der Waals surface area contributed by atoms with E-state index in [1.54, 1.807) is 0 Å². The molecule has 0 heterocycles. The van der Waals surface area contributed by atoms with Crippen LogP contribution in [0.1, 0.15) is 0 Å². The molecule has 11 heteroatoms. The average Bonchev–Trinajstić information content (AvgIpc) is 2.26. The summed E-state index contributed by atoms with van der Waals surface area (Å²) in [5.74, 6) is -0.579. The minimum absolute atomic E-state index is 0. The number of sulfonamides is 1. The van der Waals surface area contributed by atoms with Crippen molar-refractivity contribution in [2.24, 2.45) is 0 Å². The van der Waals surface area contributed by atoms with Crippen molar-refractivity contribution in [1.82, 2.24) is 4.72 Å². The molecule has 1 amide bonds. The van der Waals surface area contributed by atoms with Crippen LogP contribution in [0.3, 0.4) is 0 Å². The van der Waals surface area contributed by atoms with E-state index < -0.39 is 33.1 Å². The van der Waals surface area contributed by atoms with Gasteiger partial charge in [0.2, 0.25) is 0 Å². The average molecular weight is 307 g/mol. The summed E-state index contributed by atoms with van der Waals surface area (Å²) in [6, 6.07) is 3.32. The number of nitrogens with one attached hydrogen (secondary N) is 1. The molecule has 1 N–H and O–H groups in total. The summed E-state index contributed by atoms with van der Waals surface area (Å²) < 4.78 is 67.9. The van der Waals surface area contributed by atoms with Gasteiger partial charge in [-0.25, -0.2) is 17.9 Å². The molecule has 0 aliphatic heterocycles. The van der Waals surface area contributed by atoms with Crippen molar-refractivity contribution in [2.75, 3.05) is 7.11 Å². The van der Waals surface area contributed by atoms with Crippen molar-refractivity contribution in [3.63, 3.8) is 0 Å². The number of hydrogen-bond donors (Lipinski definition) is 1. The zero-order valence-corrected chi connectivity index (χ0v) is 10.2. The summed E-state index contributed by atoms with van der Waals surface area (Å²) in [5, 5.41) is 0. The van der Waals surface area contributed by atoms with Gasteiger partial charge in [0.05, 0.1) is 12.0 Å². The van der Waals surface area contributed by atoms with Gasteiger partial charge in [-0.3, -0.25) is 0 Å². The van der Waals surface area contributed by atoms with Crippen molar-refractivity contribution < 1.29 is 35.9 Å². The Morgan fingerprint density at radius 1 is 1.20 bits per heavy atom. The Balaban J connectivity index is 0.00000361. The van der Waals surface area contributed by atoms with Crippen LogP contribution in [-0.4, -0.2) is 46.8 Å². The quantitative estimate of drug-likeness (QED) is 0.842. The molecule has 0 aromatic heterocycles. The van der Waals surface area contributed by atoms with Gasteiger partial charge in [-0.15, -0.1) is 13.2 Å². The predicted molar refractivity (Wildman–Crippen MR) is 63.0 cm³/mol. The number of methoxy groups -OCH3 is 1. The molecule has 0 radical (unpaired) electrons. The van der Waals surface area contributed by atoms with E-state index in [1.807, 2.05) is 0 Å². The molecule has 6 nitrogen and oxygen atoms in total. The van der Waals surface area contributed by atoms with E-state index in [1.165, 1.54) is 4.72 Å². The molecule has 0 atom stereocenters. The van der Waals surface area contributed by atoms with Gasteiger partial charge >= 0.3 is 31.3 Å². The molecule has 1 aromatic carbocycles. The first kappa shape index (κ1) is 18.6. The maximum absolute atomic E-state index is 11.9. The van der Waals surface area contributed by atoms with E-state index in [9.17, 15) is 26.4 Å². The van der Waals surface area contributed by atoms with Crippen LogP contribution in [0.25, 0.3) is 0 Å². The van der Waals surface area contributed by atoms with Crippen molar-refractivity contribution in [1.29, 1.82) is 0 Å². The molecule has 0 unspecified atom stereocenters. The molecule has 0 aliphatic rings. The predicted octanol–water partition coefficient (Wildman–Crippen LogP) is 0.981. The number of hydrogen-bond acceptors (Lipinski definition) is 5. The SMILES string of the molecule is COC(=O)NS(=O)(=O)c1ccc(OC(F)(F)F)cc1.[LiH]. The third-order valence-electron chi connectivity index (χ3n) is 1.77. The van der Waals surface area contributed by atoms with Crippen LogP contribution in [0.4, 0.5) is 18.0 Å². The summed E-state index contributed by atoms with van der Waals surface area (Å²) in [6.45, 7) is 0. The first-order chi connectivity index (χ1) is 8.64. The first-order valence-corrected chi connectivity index (χ1v) is 6.09. The first-order valence-electron chi connectivity index (χ1n) is 4.60. The van der Waals surface area contributed by atoms with Crippen molar-refractivity contribution >= 4 is 35.0 Å². The Bertz CT molecular complexity index is 558.